The van der Waals surface area contributed by atoms with Crippen molar-refractivity contribution in [2.24, 2.45) is 0 Å². The second-order valence-corrected chi connectivity index (χ2v) is 10.5. The van der Waals surface area contributed by atoms with Crippen molar-refractivity contribution >= 4 is 21.7 Å². The lowest BCUT2D eigenvalue weighted by Crippen LogP contribution is -2.48. The Morgan fingerprint density at radius 2 is 1.53 bits per heavy atom. The standard InChI is InChI=1S/C24H32N2O5S/c1-16(2)18-10-12-19(13-11-18)17(3)25-24(28)21(14-15-32(5,29)30)26-23(27)20-8-6-7-9-22(20)31-4/h6-13,16-17,21H,14-15H2,1-5H3,(H,25,28)(H,26,27). The van der Waals surface area contributed by atoms with Gasteiger partial charge in [-0.1, -0.05) is 50.2 Å². The van der Waals surface area contributed by atoms with Gasteiger partial charge in [0.05, 0.1) is 24.5 Å². The van der Waals surface area contributed by atoms with Gasteiger partial charge in [0.2, 0.25) is 5.91 Å². The maximum Gasteiger partial charge on any atom is 0.255 e. The minimum Gasteiger partial charge on any atom is -0.496 e. The highest BCUT2D eigenvalue weighted by atomic mass is 32.2. The lowest BCUT2D eigenvalue weighted by atomic mass is 9.99. The summed E-state index contributed by atoms with van der Waals surface area (Å²) in [5.41, 5.74) is 2.38. The summed E-state index contributed by atoms with van der Waals surface area (Å²) in [7, 11) is -1.86. The first-order valence-electron chi connectivity index (χ1n) is 10.5. The van der Waals surface area contributed by atoms with E-state index in [1.807, 2.05) is 31.2 Å². The van der Waals surface area contributed by atoms with Gasteiger partial charge in [-0.15, -0.1) is 0 Å². The molecule has 0 aliphatic carbocycles. The molecular formula is C24H32N2O5S. The summed E-state index contributed by atoms with van der Waals surface area (Å²) < 4.78 is 28.6. The third kappa shape index (κ3) is 7.37. The van der Waals surface area contributed by atoms with E-state index >= 15 is 0 Å². The average molecular weight is 461 g/mol. The van der Waals surface area contributed by atoms with Crippen molar-refractivity contribution in [1.29, 1.82) is 0 Å². The Bertz CT molecular complexity index is 1030. The second kappa shape index (κ2) is 11.1. The van der Waals surface area contributed by atoms with Gasteiger partial charge >= 0.3 is 0 Å². The Morgan fingerprint density at radius 3 is 2.09 bits per heavy atom. The Balaban J connectivity index is 2.17. The van der Waals surface area contributed by atoms with E-state index in [-0.39, 0.29) is 23.8 Å². The van der Waals surface area contributed by atoms with Gasteiger partial charge in [0.25, 0.3) is 5.91 Å². The quantitative estimate of drug-likeness (QED) is 0.567. The van der Waals surface area contributed by atoms with Crippen LogP contribution in [0.25, 0.3) is 0 Å². The molecular weight excluding hydrogens is 428 g/mol. The molecule has 0 heterocycles. The lowest BCUT2D eigenvalue weighted by Gasteiger charge is -2.22. The van der Waals surface area contributed by atoms with Gasteiger partial charge < -0.3 is 15.4 Å². The van der Waals surface area contributed by atoms with Crippen LogP contribution < -0.4 is 15.4 Å². The van der Waals surface area contributed by atoms with Gasteiger partial charge in [0.1, 0.15) is 21.6 Å². The predicted molar refractivity (Wildman–Crippen MR) is 126 cm³/mol. The number of nitrogens with one attached hydrogen (secondary N) is 2. The number of sulfone groups is 1. The molecule has 0 aliphatic heterocycles. The van der Waals surface area contributed by atoms with Crippen LogP contribution in [0.5, 0.6) is 5.75 Å². The molecule has 7 nitrogen and oxygen atoms in total. The largest absolute Gasteiger partial charge is 0.496 e. The molecule has 2 amide bonds. The lowest BCUT2D eigenvalue weighted by molar-refractivity contribution is -0.123. The number of hydrogen-bond acceptors (Lipinski definition) is 5. The number of ether oxygens (including phenoxy) is 1. The topological polar surface area (TPSA) is 102 Å². The fraction of sp³-hybridized carbons (Fsp3) is 0.417. The molecule has 0 saturated heterocycles. The number of carbonyl (C=O) groups is 2. The molecule has 174 valence electrons. The number of benzene rings is 2. The normalized spacial score (nSPS) is 13.3. The van der Waals surface area contributed by atoms with Crippen LogP contribution in [-0.4, -0.2) is 45.4 Å². The summed E-state index contributed by atoms with van der Waals surface area (Å²) in [5, 5.41) is 5.55. The molecule has 0 saturated carbocycles. The third-order valence-corrected chi connectivity index (χ3v) is 6.19. The van der Waals surface area contributed by atoms with Gasteiger partial charge in [0.15, 0.2) is 0 Å². The SMILES string of the molecule is COc1ccccc1C(=O)NC(CCS(C)(=O)=O)C(=O)NC(C)c1ccc(C(C)C)cc1. The molecule has 0 radical (unpaired) electrons. The van der Waals surface area contributed by atoms with E-state index in [0.717, 1.165) is 11.8 Å². The maximum absolute atomic E-state index is 13.0. The van der Waals surface area contributed by atoms with Gasteiger partial charge in [-0.05, 0) is 42.5 Å². The highest BCUT2D eigenvalue weighted by Crippen LogP contribution is 2.20. The zero-order chi connectivity index (χ0) is 23.9. The van der Waals surface area contributed by atoms with E-state index in [1.54, 1.807) is 24.3 Å². The summed E-state index contributed by atoms with van der Waals surface area (Å²) >= 11 is 0. The zero-order valence-electron chi connectivity index (χ0n) is 19.2. The van der Waals surface area contributed by atoms with Crippen molar-refractivity contribution < 1.29 is 22.7 Å². The van der Waals surface area contributed by atoms with Crippen LogP contribution in [0.2, 0.25) is 0 Å². The van der Waals surface area contributed by atoms with E-state index in [4.69, 9.17) is 4.74 Å². The second-order valence-electron chi connectivity index (χ2n) is 8.20. The van der Waals surface area contributed by atoms with Gasteiger partial charge in [-0.2, -0.15) is 0 Å². The molecule has 2 rings (SSSR count). The summed E-state index contributed by atoms with van der Waals surface area (Å²) in [5.74, 6) is -0.415. The Labute approximate surface area is 190 Å². The summed E-state index contributed by atoms with van der Waals surface area (Å²) in [6.07, 6.45) is 1.06. The molecule has 2 N–H and O–H groups in total. The first-order chi connectivity index (χ1) is 15.0. The maximum atomic E-state index is 13.0. The van der Waals surface area contributed by atoms with Crippen molar-refractivity contribution in [3.63, 3.8) is 0 Å². The van der Waals surface area contributed by atoms with Crippen LogP contribution in [0.1, 0.15) is 60.6 Å². The minimum absolute atomic E-state index is 0.0371. The number of amides is 2. The fourth-order valence-corrected chi connectivity index (χ4v) is 3.90. The molecule has 0 aromatic heterocycles. The average Bonchev–Trinajstić information content (AvgIpc) is 2.75. The van der Waals surface area contributed by atoms with Crippen LogP contribution in [0, 0.1) is 0 Å². The smallest absolute Gasteiger partial charge is 0.255 e. The summed E-state index contributed by atoms with van der Waals surface area (Å²) in [6, 6.07) is 13.3. The molecule has 0 aliphatic rings. The number of methoxy groups -OCH3 is 1. The summed E-state index contributed by atoms with van der Waals surface area (Å²) in [6.45, 7) is 6.06. The molecule has 2 atom stereocenters. The molecule has 2 unspecified atom stereocenters. The van der Waals surface area contributed by atoms with E-state index in [2.05, 4.69) is 24.5 Å². The van der Waals surface area contributed by atoms with Crippen LogP contribution in [0.3, 0.4) is 0 Å². The minimum atomic E-state index is -3.32. The molecule has 0 fully saturated rings. The monoisotopic (exact) mass is 460 g/mol. The first-order valence-corrected chi connectivity index (χ1v) is 12.6. The highest BCUT2D eigenvalue weighted by Gasteiger charge is 2.25. The van der Waals surface area contributed by atoms with E-state index in [9.17, 15) is 18.0 Å². The van der Waals surface area contributed by atoms with Crippen LogP contribution in [-0.2, 0) is 14.6 Å². The number of rotatable bonds is 10. The van der Waals surface area contributed by atoms with Crippen LogP contribution in [0.4, 0.5) is 0 Å². The van der Waals surface area contributed by atoms with Crippen molar-refractivity contribution in [1.82, 2.24) is 10.6 Å². The van der Waals surface area contributed by atoms with Crippen molar-refractivity contribution in [3.05, 3.63) is 65.2 Å². The van der Waals surface area contributed by atoms with Crippen LogP contribution in [0.15, 0.2) is 48.5 Å². The number of hydrogen-bond donors (Lipinski definition) is 2. The third-order valence-electron chi connectivity index (χ3n) is 5.21. The fourth-order valence-electron chi connectivity index (χ4n) is 3.24. The van der Waals surface area contributed by atoms with Crippen LogP contribution >= 0.6 is 0 Å². The Kier molecular flexibility index (Phi) is 8.83. The molecule has 0 bridgehead atoms. The number of carbonyl (C=O) groups excluding carboxylic acids is 2. The van der Waals surface area contributed by atoms with Crippen molar-refractivity contribution in [2.75, 3.05) is 19.1 Å². The Morgan fingerprint density at radius 1 is 0.938 bits per heavy atom. The first kappa shape index (κ1) is 25.4. The summed E-state index contributed by atoms with van der Waals surface area (Å²) in [4.78, 5) is 25.8. The zero-order valence-corrected chi connectivity index (χ0v) is 20.0. The molecule has 8 heteroatoms. The van der Waals surface area contributed by atoms with Crippen molar-refractivity contribution in [3.8, 4) is 5.75 Å². The Hall–Kier alpha value is -2.87. The number of para-hydroxylation sites is 1. The van der Waals surface area contributed by atoms with E-state index in [1.165, 1.54) is 12.7 Å². The molecule has 32 heavy (non-hydrogen) atoms. The van der Waals surface area contributed by atoms with Gasteiger partial charge in [-0.25, -0.2) is 8.42 Å². The molecule has 2 aromatic carbocycles. The van der Waals surface area contributed by atoms with Crippen molar-refractivity contribution in [2.45, 2.75) is 45.2 Å². The van der Waals surface area contributed by atoms with Gasteiger partial charge in [0, 0.05) is 6.26 Å². The molecule has 2 aromatic rings. The molecule has 0 spiro atoms. The van der Waals surface area contributed by atoms with E-state index in [0.29, 0.717) is 11.7 Å². The van der Waals surface area contributed by atoms with E-state index < -0.39 is 27.7 Å². The predicted octanol–water partition coefficient (Wildman–Crippen LogP) is 3.23. The highest BCUT2D eigenvalue weighted by molar-refractivity contribution is 7.90. The van der Waals surface area contributed by atoms with Gasteiger partial charge in [-0.3, -0.25) is 9.59 Å².